The number of hydrogen-bond donors (Lipinski definition) is 7. The second-order valence-corrected chi connectivity index (χ2v) is 23.5. The molecule has 6 aliphatic rings. The van der Waals surface area contributed by atoms with Crippen molar-refractivity contribution in [1.29, 1.82) is 0 Å². The lowest BCUT2D eigenvalue weighted by molar-refractivity contribution is -0.225. The first-order valence-corrected chi connectivity index (χ1v) is 28.7. The van der Waals surface area contributed by atoms with E-state index in [0.717, 1.165) is 50.7 Å². The average Bonchev–Trinajstić information content (AvgIpc) is 4.16. The molecule has 2 saturated heterocycles. The molecule has 7 rings (SSSR count). The minimum Gasteiger partial charge on any atom is -0.462 e. The van der Waals surface area contributed by atoms with Gasteiger partial charge in [-0.25, -0.2) is 9.48 Å². The van der Waals surface area contributed by atoms with Gasteiger partial charge in [0.1, 0.15) is 24.0 Å². The van der Waals surface area contributed by atoms with Crippen LogP contribution >= 0.6 is 11.8 Å². The van der Waals surface area contributed by atoms with Crippen molar-refractivity contribution in [3.63, 3.8) is 0 Å². The molecule has 0 bridgehead atoms. The highest BCUT2D eigenvalue weighted by atomic mass is 32.2. The van der Waals surface area contributed by atoms with Gasteiger partial charge in [0.05, 0.1) is 77.1 Å². The molecule has 0 aromatic carbocycles. The van der Waals surface area contributed by atoms with Crippen molar-refractivity contribution < 1.29 is 52.5 Å². The number of hydrogen-bond acceptors (Lipinski definition) is 17. The summed E-state index contributed by atoms with van der Waals surface area (Å²) in [6, 6.07) is 0.335. The molecule has 0 unspecified atom stereocenters. The molecule has 416 valence electrons. The predicted octanol–water partition coefficient (Wildman–Crippen LogP) is 2.85. The quantitative estimate of drug-likeness (QED) is 0.0263. The monoisotopic (exact) mass is 1060 g/mol. The fraction of sp³-hybridized carbons (Fsp3) is 0.846. The number of carbonyl (C=O) groups is 6. The van der Waals surface area contributed by atoms with E-state index in [1.165, 1.54) is 0 Å². The summed E-state index contributed by atoms with van der Waals surface area (Å²) in [7, 11) is 0. The highest BCUT2D eigenvalue weighted by Crippen LogP contribution is 2.69. The molecule has 21 nitrogen and oxygen atoms in total. The minimum absolute atomic E-state index is 0.0130. The van der Waals surface area contributed by atoms with Crippen LogP contribution in [0.1, 0.15) is 129 Å². The van der Waals surface area contributed by atoms with Gasteiger partial charge in [-0.1, -0.05) is 32.4 Å². The molecule has 0 radical (unpaired) electrons. The van der Waals surface area contributed by atoms with Gasteiger partial charge in [0, 0.05) is 61.4 Å². The summed E-state index contributed by atoms with van der Waals surface area (Å²) in [5, 5.41) is 20.7. The Hall–Kier alpha value is -4.09. The lowest BCUT2D eigenvalue weighted by Crippen LogP contribution is -2.63. The van der Waals surface area contributed by atoms with Gasteiger partial charge in [-0.3, -0.25) is 24.0 Å². The summed E-state index contributed by atoms with van der Waals surface area (Å²) < 4.78 is 31.8. The fourth-order valence-corrected chi connectivity index (χ4v) is 15.5. The Balaban J connectivity index is 0.827. The summed E-state index contributed by atoms with van der Waals surface area (Å²) in [6.07, 6.45) is 10.7. The number of nitrogens with two attached hydrogens (primary N) is 3. The zero-order valence-corrected chi connectivity index (χ0v) is 44.9. The van der Waals surface area contributed by atoms with E-state index in [2.05, 4.69) is 52.4 Å². The van der Waals surface area contributed by atoms with Gasteiger partial charge in [0.25, 0.3) is 0 Å². The number of nitrogens with one attached hydrogen (secondary N) is 4. The van der Waals surface area contributed by atoms with Crippen LogP contribution in [-0.2, 0) is 60.7 Å². The number of ether oxygens (including phenoxy) is 5. The van der Waals surface area contributed by atoms with Crippen LogP contribution < -0.4 is 38.5 Å². The van der Waals surface area contributed by atoms with Gasteiger partial charge in [-0.05, 0) is 99.2 Å². The van der Waals surface area contributed by atoms with Crippen LogP contribution in [0.5, 0.6) is 0 Å². The molecule has 1 aromatic rings. The van der Waals surface area contributed by atoms with E-state index in [0.29, 0.717) is 89.0 Å². The maximum atomic E-state index is 13.4. The third-order valence-electron chi connectivity index (χ3n) is 17.7. The largest absolute Gasteiger partial charge is 0.462 e. The smallest absolute Gasteiger partial charge is 0.315 e. The van der Waals surface area contributed by atoms with E-state index in [9.17, 15) is 28.8 Å². The normalized spacial score (nSPS) is 32.2. The van der Waals surface area contributed by atoms with Gasteiger partial charge in [0.15, 0.2) is 0 Å². The van der Waals surface area contributed by atoms with Gasteiger partial charge in [-0.2, -0.15) is 11.8 Å². The summed E-state index contributed by atoms with van der Waals surface area (Å²) in [6.45, 7) is 10.2. The van der Waals surface area contributed by atoms with E-state index in [1.807, 2.05) is 11.8 Å². The van der Waals surface area contributed by atoms with Gasteiger partial charge < -0.3 is 62.2 Å². The Morgan fingerprint density at radius 3 is 2.30 bits per heavy atom. The summed E-state index contributed by atoms with van der Waals surface area (Å²) in [5.74, 6) is 0.566. The molecule has 1 aromatic heterocycles. The molecular formula is C52H86N10O11S. The molecule has 4 saturated carbocycles. The Labute approximate surface area is 440 Å². The number of nitrogens with zero attached hydrogens (tertiary/aromatic N) is 3. The molecule has 0 spiro atoms. The first kappa shape index (κ1) is 57.6. The number of unbranched alkanes of at least 4 members (excludes halogenated alkanes) is 1. The van der Waals surface area contributed by atoms with Crippen LogP contribution in [0.4, 0.5) is 4.79 Å². The number of aromatic nitrogens is 3. The SMILES string of the molecule is C[C@H](CCC(=O)NCc1cn(CCOCCOCCNC(=O)CCCC[C@@H]2SC[C@@H]3NC(=O)N[C@@H]32)nn1)[C@H]1CC[C@H]2[C@@H]3[C@H](OC(=O)CCN)C[C@@H]4C[C@H](OC(=O)CCN)CC[C@]4(C)[C@H]3C[C@H](OC(=O)CCN)[C@]12C. The third kappa shape index (κ3) is 14.5. The number of esters is 3. The zero-order chi connectivity index (χ0) is 52.8. The third-order valence-corrected chi connectivity index (χ3v) is 19.2. The second-order valence-electron chi connectivity index (χ2n) is 22.2. The van der Waals surface area contributed by atoms with Crippen molar-refractivity contribution in [1.82, 2.24) is 36.3 Å². The zero-order valence-electron chi connectivity index (χ0n) is 44.1. The topological polar surface area (TPSA) is 305 Å². The molecule has 4 aliphatic carbocycles. The molecule has 2 aliphatic heterocycles. The Morgan fingerprint density at radius 2 is 1.54 bits per heavy atom. The Bertz CT molecular complexity index is 2050. The number of thioether (sulfide) groups is 1. The van der Waals surface area contributed by atoms with Crippen LogP contribution in [0.2, 0.25) is 0 Å². The molecule has 3 heterocycles. The number of carbonyl (C=O) groups excluding carboxylic acids is 6. The van der Waals surface area contributed by atoms with Crippen LogP contribution in [0.25, 0.3) is 0 Å². The molecule has 6 fully saturated rings. The van der Waals surface area contributed by atoms with Crippen molar-refractivity contribution in [3.8, 4) is 0 Å². The van der Waals surface area contributed by atoms with Gasteiger partial charge in [-0.15, -0.1) is 5.10 Å². The second kappa shape index (κ2) is 27.3. The lowest BCUT2D eigenvalue weighted by Gasteiger charge is -2.64. The van der Waals surface area contributed by atoms with E-state index < -0.39 is 5.41 Å². The van der Waals surface area contributed by atoms with E-state index >= 15 is 0 Å². The first-order valence-electron chi connectivity index (χ1n) is 27.6. The first-order chi connectivity index (χ1) is 35.7. The van der Waals surface area contributed by atoms with Gasteiger partial charge in [0.2, 0.25) is 11.8 Å². The molecule has 4 amide bonds. The summed E-state index contributed by atoms with van der Waals surface area (Å²) in [5.41, 5.74) is 17.4. The van der Waals surface area contributed by atoms with E-state index in [-0.39, 0.29) is 153 Å². The van der Waals surface area contributed by atoms with E-state index in [4.69, 9.17) is 40.9 Å². The van der Waals surface area contributed by atoms with E-state index in [1.54, 1.807) is 10.9 Å². The minimum atomic E-state index is -0.441. The maximum absolute atomic E-state index is 13.4. The molecule has 14 atom stereocenters. The lowest BCUT2D eigenvalue weighted by atomic mass is 9.43. The Morgan fingerprint density at radius 1 is 0.824 bits per heavy atom. The number of fused-ring (bicyclic) bond motifs is 6. The molecule has 74 heavy (non-hydrogen) atoms. The van der Waals surface area contributed by atoms with Crippen molar-refractivity contribution in [2.45, 2.75) is 172 Å². The molecule has 10 N–H and O–H groups in total. The number of amides is 4. The molecular weight excluding hydrogens is 973 g/mol. The van der Waals surface area contributed by atoms with Crippen molar-refractivity contribution in [2.24, 2.45) is 63.5 Å². The fourth-order valence-electron chi connectivity index (χ4n) is 14.0. The standard InChI is InChI=1S/C52H86N10O11S/c1-32(8-11-44(64)57-29-34-30-62(61-60-34)21-23-70-25-24-69-22-20-56-43(63)7-5-4-6-41-49-39(31-74-41)58-50(68)59-49)36-9-10-37-48-38(28-42(52(36,37)3)73-47(67)15-19-55)51(2)16-12-35(71-45(65)13-17-53)26-33(51)27-40(48)72-46(66)14-18-54/h30,32-33,35-42,48-49H,4-29,31,53-55H2,1-3H3,(H,56,63)(H,57,64)(H2,58,59,68)/t32-,33+,35-,36-,37+,38+,39+,40-,41+,42+,48+,49+,51+,52-/m1/s1. The summed E-state index contributed by atoms with van der Waals surface area (Å²) >= 11 is 1.89. The summed E-state index contributed by atoms with van der Waals surface area (Å²) in [4.78, 5) is 76.4. The Kier molecular flexibility index (Phi) is 21.2. The van der Waals surface area contributed by atoms with Crippen LogP contribution in [0.3, 0.4) is 0 Å². The number of rotatable bonds is 29. The van der Waals surface area contributed by atoms with Crippen molar-refractivity contribution in [2.75, 3.05) is 58.4 Å². The highest BCUT2D eigenvalue weighted by Gasteiger charge is 2.68. The van der Waals surface area contributed by atoms with Crippen LogP contribution in [0.15, 0.2) is 6.20 Å². The van der Waals surface area contributed by atoms with Crippen LogP contribution in [-0.4, -0.2) is 145 Å². The van der Waals surface area contributed by atoms with Gasteiger partial charge >= 0.3 is 23.9 Å². The highest BCUT2D eigenvalue weighted by molar-refractivity contribution is 8.00. The number of urea groups is 1. The van der Waals surface area contributed by atoms with Crippen molar-refractivity contribution >= 4 is 47.5 Å². The maximum Gasteiger partial charge on any atom is 0.315 e. The average molecular weight is 1060 g/mol. The van der Waals surface area contributed by atoms with Crippen LogP contribution in [0, 0.1) is 46.3 Å². The van der Waals surface area contributed by atoms with Crippen molar-refractivity contribution in [3.05, 3.63) is 11.9 Å². The predicted molar refractivity (Wildman–Crippen MR) is 276 cm³/mol. The molecule has 22 heteroatoms.